The lowest BCUT2D eigenvalue weighted by molar-refractivity contribution is 0.319. The zero-order valence-electron chi connectivity index (χ0n) is 18.2. The number of H-pyrrole nitrogens is 1. The number of rotatable bonds is 8. The van der Waals surface area contributed by atoms with Gasteiger partial charge in [0, 0.05) is 24.3 Å². The molecule has 14 heteroatoms. The van der Waals surface area contributed by atoms with Crippen LogP contribution < -0.4 is 15.4 Å². The fourth-order valence-electron chi connectivity index (χ4n) is 3.28. The van der Waals surface area contributed by atoms with E-state index in [9.17, 15) is 26.8 Å². The molecule has 1 heterocycles. The van der Waals surface area contributed by atoms with E-state index in [2.05, 4.69) is 30.5 Å². The van der Waals surface area contributed by atoms with E-state index >= 15 is 0 Å². The second-order valence-electron chi connectivity index (χ2n) is 7.37. The molecule has 4 rings (SSSR count). The highest BCUT2D eigenvalue weighted by Gasteiger charge is 2.21. The number of hydrogen-bond donors (Lipinski definition) is 5. The summed E-state index contributed by atoms with van der Waals surface area (Å²) in [5, 5.41) is 17.9. The van der Waals surface area contributed by atoms with Gasteiger partial charge in [-0.1, -0.05) is 35.0 Å². The molecule has 5 N–H and O–H groups in total. The smallest absolute Gasteiger partial charge is 0.240 e. The Morgan fingerprint density at radius 1 is 1.06 bits per heavy atom. The van der Waals surface area contributed by atoms with Gasteiger partial charge in [-0.15, -0.1) is 0 Å². The molecule has 188 valence electrons. The number of sulfonamides is 1. The van der Waals surface area contributed by atoms with Crippen molar-refractivity contribution in [2.75, 3.05) is 23.7 Å². The molecular weight excluding hydrogens is 521 g/mol. The minimum Gasteiger partial charge on any atom is -0.409 e. The van der Waals surface area contributed by atoms with Crippen LogP contribution in [0, 0.1) is 17.5 Å². The number of halogens is 4. The molecule has 0 aliphatic rings. The Morgan fingerprint density at radius 2 is 1.81 bits per heavy atom. The Balaban J connectivity index is 1.53. The summed E-state index contributed by atoms with van der Waals surface area (Å²) >= 11 is 5.76. The molecule has 3 aromatic carbocycles. The Bertz CT molecular complexity index is 1550. The zero-order valence-corrected chi connectivity index (χ0v) is 19.8. The van der Waals surface area contributed by atoms with Crippen molar-refractivity contribution < 1.29 is 26.8 Å². The molecule has 0 aliphatic carbocycles. The predicted molar refractivity (Wildman–Crippen MR) is 129 cm³/mol. The average molecular weight is 539 g/mol. The maximum absolute atomic E-state index is 14.5. The maximum atomic E-state index is 14.5. The Morgan fingerprint density at radius 3 is 2.50 bits per heavy atom. The van der Waals surface area contributed by atoms with Crippen LogP contribution in [0.2, 0.25) is 5.02 Å². The minimum absolute atomic E-state index is 0.0109. The zero-order chi connectivity index (χ0) is 25.9. The molecule has 0 bridgehead atoms. The molecule has 9 nitrogen and oxygen atoms in total. The molecule has 0 atom stereocenters. The van der Waals surface area contributed by atoms with Crippen LogP contribution in [-0.2, 0) is 10.0 Å². The summed E-state index contributed by atoms with van der Waals surface area (Å²) in [5.74, 6) is -3.46. The van der Waals surface area contributed by atoms with E-state index in [1.54, 1.807) is 18.2 Å². The Hall–Kier alpha value is -3.81. The summed E-state index contributed by atoms with van der Waals surface area (Å²) in [7, 11) is -3.72. The summed E-state index contributed by atoms with van der Waals surface area (Å²) < 4.78 is 69.2. The first-order chi connectivity index (χ1) is 17.2. The van der Waals surface area contributed by atoms with Gasteiger partial charge in [-0.05, 0) is 36.4 Å². The van der Waals surface area contributed by atoms with Crippen molar-refractivity contribution in [3.05, 3.63) is 82.6 Å². The highest BCUT2D eigenvalue weighted by molar-refractivity contribution is 7.89. The van der Waals surface area contributed by atoms with Gasteiger partial charge < -0.3 is 20.8 Å². The van der Waals surface area contributed by atoms with E-state index in [1.165, 1.54) is 24.3 Å². The first-order valence-electron chi connectivity index (χ1n) is 10.3. The summed E-state index contributed by atoms with van der Waals surface area (Å²) in [6.45, 7) is 0.0206. The Labute approximate surface area is 208 Å². The third kappa shape index (κ3) is 5.37. The van der Waals surface area contributed by atoms with Gasteiger partial charge in [0.05, 0.1) is 15.4 Å². The molecule has 0 fully saturated rings. The molecule has 0 radical (unpaired) electrons. The number of amidine groups is 1. The van der Waals surface area contributed by atoms with Crippen molar-refractivity contribution in [3.8, 4) is 0 Å². The number of nitrogens with zero attached hydrogens (tertiary/aromatic N) is 2. The fourth-order valence-corrected chi connectivity index (χ4v) is 4.51. The van der Waals surface area contributed by atoms with Crippen LogP contribution >= 0.6 is 11.6 Å². The Kier molecular flexibility index (Phi) is 7.33. The van der Waals surface area contributed by atoms with E-state index in [4.69, 9.17) is 11.6 Å². The molecule has 0 saturated carbocycles. The van der Waals surface area contributed by atoms with Gasteiger partial charge in [-0.25, -0.2) is 31.3 Å². The SMILES string of the molecule is O=S(=O)(NCCNc1nc2c(F)c(F)cc(/C(=N/O)Nc3ccc(F)c(Cl)c3)c2[nH]1)c1ccccc1. The number of hydrogen-bond acceptors (Lipinski definition) is 6. The van der Waals surface area contributed by atoms with Gasteiger partial charge in [0.15, 0.2) is 17.5 Å². The van der Waals surface area contributed by atoms with Crippen LogP contribution in [0.5, 0.6) is 0 Å². The van der Waals surface area contributed by atoms with Crippen LogP contribution in [0.4, 0.5) is 24.8 Å². The number of imidazole rings is 1. The second-order valence-corrected chi connectivity index (χ2v) is 9.54. The third-order valence-corrected chi connectivity index (χ3v) is 6.73. The average Bonchev–Trinajstić information content (AvgIpc) is 3.30. The van der Waals surface area contributed by atoms with Gasteiger partial charge >= 0.3 is 0 Å². The van der Waals surface area contributed by atoms with Crippen molar-refractivity contribution in [3.63, 3.8) is 0 Å². The number of anilines is 2. The van der Waals surface area contributed by atoms with Crippen LogP contribution in [-0.4, -0.2) is 42.5 Å². The maximum Gasteiger partial charge on any atom is 0.240 e. The normalized spacial score (nSPS) is 12.2. The molecule has 0 unspecified atom stereocenters. The van der Waals surface area contributed by atoms with Crippen LogP contribution in [0.3, 0.4) is 0 Å². The summed E-state index contributed by atoms with van der Waals surface area (Å²) in [6, 6.07) is 12.2. The van der Waals surface area contributed by atoms with Crippen LogP contribution in [0.15, 0.2) is 64.6 Å². The number of aromatic nitrogens is 2. The standard InChI is InChI=1S/C22H18ClF3N6O3S/c23-15-10-12(6-7-16(15)24)29-21(32-33)14-11-17(25)18(26)20-19(14)30-22(31-20)27-8-9-28-36(34,35)13-4-2-1-3-5-13/h1-7,10-11,28,33H,8-9H2,(H,29,32)(H2,27,30,31). The minimum atomic E-state index is -3.72. The van der Waals surface area contributed by atoms with Gasteiger partial charge in [-0.2, -0.15) is 0 Å². The largest absolute Gasteiger partial charge is 0.409 e. The molecule has 0 saturated heterocycles. The quantitative estimate of drug-likeness (QED) is 0.0748. The highest BCUT2D eigenvalue weighted by Crippen LogP contribution is 2.26. The predicted octanol–water partition coefficient (Wildman–Crippen LogP) is 4.27. The number of nitrogens with one attached hydrogen (secondary N) is 4. The second kappa shape index (κ2) is 10.4. The van der Waals surface area contributed by atoms with Gasteiger partial charge in [0.1, 0.15) is 11.3 Å². The topological polar surface area (TPSA) is 132 Å². The van der Waals surface area contributed by atoms with E-state index in [1.807, 2.05) is 0 Å². The van der Waals surface area contributed by atoms with Crippen molar-refractivity contribution in [1.29, 1.82) is 0 Å². The van der Waals surface area contributed by atoms with Gasteiger partial charge in [-0.3, -0.25) is 0 Å². The summed E-state index contributed by atoms with van der Waals surface area (Å²) in [5.41, 5.74) is -0.278. The number of fused-ring (bicyclic) bond motifs is 1. The van der Waals surface area contributed by atoms with E-state index in [-0.39, 0.29) is 51.6 Å². The number of aromatic amines is 1. The first-order valence-corrected chi connectivity index (χ1v) is 12.2. The lowest BCUT2D eigenvalue weighted by Crippen LogP contribution is -2.29. The van der Waals surface area contributed by atoms with Crippen molar-refractivity contribution in [2.24, 2.45) is 5.16 Å². The molecular formula is C22H18ClF3N6O3S. The summed E-state index contributed by atoms with van der Waals surface area (Å²) in [4.78, 5) is 6.84. The van der Waals surface area contributed by atoms with Crippen molar-refractivity contribution in [1.82, 2.24) is 14.7 Å². The molecule has 0 aliphatic heterocycles. The van der Waals surface area contributed by atoms with Crippen molar-refractivity contribution >= 4 is 50.1 Å². The van der Waals surface area contributed by atoms with Gasteiger partial charge in [0.2, 0.25) is 16.0 Å². The number of oxime groups is 1. The third-order valence-electron chi connectivity index (χ3n) is 4.96. The van der Waals surface area contributed by atoms with E-state index < -0.39 is 33.0 Å². The molecule has 0 amide bonds. The van der Waals surface area contributed by atoms with E-state index in [0.29, 0.717) is 0 Å². The fraction of sp³-hybridized carbons (Fsp3) is 0.0909. The molecule has 0 spiro atoms. The van der Waals surface area contributed by atoms with Crippen LogP contribution in [0.25, 0.3) is 11.0 Å². The molecule has 36 heavy (non-hydrogen) atoms. The van der Waals surface area contributed by atoms with Crippen molar-refractivity contribution in [2.45, 2.75) is 4.90 Å². The highest BCUT2D eigenvalue weighted by atomic mass is 35.5. The molecule has 1 aromatic heterocycles. The lowest BCUT2D eigenvalue weighted by atomic mass is 10.1. The van der Waals surface area contributed by atoms with E-state index in [0.717, 1.165) is 12.1 Å². The van der Waals surface area contributed by atoms with Gasteiger partial charge in [0.25, 0.3) is 0 Å². The first kappa shape index (κ1) is 25.3. The lowest BCUT2D eigenvalue weighted by Gasteiger charge is -2.10. The molecule has 4 aromatic rings. The monoisotopic (exact) mass is 538 g/mol. The number of benzene rings is 3. The summed E-state index contributed by atoms with van der Waals surface area (Å²) in [6.07, 6.45) is 0. The van der Waals surface area contributed by atoms with Crippen LogP contribution in [0.1, 0.15) is 5.56 Å².